The molecule has 1 aliphatic carbocycles. The summed E-state index contributed by atoms with van der Waals surface area (Å²) in [4.78, 5) is 28.2. The van der Waals surface area contributed by atoms with E-state index in [0.29, 0.717) is 11.3 Å². The van der Waals surface area contributed by atoms with Crippen molar-refractivity contribution in [2.75, 3.05) is 0 Å². The predicted octanol–water partition coefficient (Wildman–Crippen LogP) is 2.72. The zero-order valence-corrected chi connectivity index (χ0v) is 11.5. The quantitative estimate of drug-likeness (QED) is 0.940. The fourth-order valence-corrected chi connectivity index (χ4v) is 2.88. The first kappa shape index (κ1) is 13.5. The van der Waals surface area contributed by atoms with Gasteiger partial charge >= 0.3 is 5.97 Å². The molecule has 0 atom stereocenters. The number of pyridine rings is 2. The summed E-state index contributed by atoms with van der Waals surface area (Å²) in [7, 11) is 0. The minimum absolute atomic E-state index is 0.0965. The highest BCUT2D eigenvalue weighted by Crippen LogP contribution is 2.29. The molecule has 0 spiro atoms. The molecule has 2 aromatic rings. The Morgan fingerprint density at radius 3 is 2.67 bits per heavy atom. The Hall–Kier alpha value is -2.43. The Bertz CT molecular complexity index is 716. The van der Waals surface area contributed by atoms with Crippen molar-refractivity contribution in [3.8, 4) is 11.3 Å². The van der Waals surface area contributed by atoms with E-state index < -0.39 is 5.97 Å². The van der Waals surface area contributed by atoms with E-state index in [2.05, 4.69) is 4.98 Å². The third-order valence-electron chi connectivity index (χ3n) is 3.95. The molecule has 1 fully saturated rings. The first-order valence-electron chi connectivity index (χ1n) is 7.07. The maximum Gasteiger partial charge on any atom is 0.337 e. The second kappa shape index (κ2) is 5.52. The lowest BCUT2D eigenvalue weighted by atomic mass is 10.1. The van der Waals surface area contributed by atoms with Gasteiger partial charge in [-0.25, -0.2) is 4.79 Å². The van der Waals surface area contributed by atoms with Gasteiger partial charge in [-0.05, 0) is 31.0 Å². The summed E-state index contributed by atoms with van der Waals surface area (Å²) in [6.45, 7) is 0. The highest BCUT2D eigenvalue weighted by atomic mass is 16.4. The highest BCUT2D eigenvalue weighted by Gasteiger charge is 2.21. The van der Waals surface area contributed by atoms with Crippen molar-refractivity contribution in [2.45, 2.75) is 31.7 Å². The van der Waals surface area contributed by atoms with Crippen LogP contribution in [0.1, 0.15) is 42.1 Å². The maximum absolute atomic E-state index is 12.7. The number of nitrogens with zero attached hydrogens (tertiary/aromatic N) is 2. The molecule has 0 amide bonds. The third-order valence-corrected chi connectivity index (χ3v) is 3.95. The Labute approximate surface area is 121 Å². The van der Waals surface area contributed by atoms with Crippen LogP contribution in [-0.2, 0) is 0 Å². The molecule has 5 nitrogen and oxygen atoms in total. The molecule has 1 N–H and O–H groups in total. The molecule has 1 saturated carbocycles. The molecule has 21 heavy (non-hydrogen) atoms. The molecule has 0 bridgehead atoms. The van der Waals surface area contributed by atoms with E-state index >= 15 is 0 Å². The largest absolute Gasteiger partial charge is 0.478 e. The maximum atomic E-state index is 12.7. The number of aromatic nitrogens is 2. The standard InChI is InChI=1S/C16H16N2O3/c19-15-13(14-7-3-4-8-17-14)9-11(16(20)21)10-18(15)12-5-1-2-6-12/h3-4,7-10,12H,1-2,5-6H2,(H,20,21). The fraction of sp³-hybridized carbons (Fsp3) is 0.312. The summed E-state index contributed by atoms with van der Waals surface area (Å²) in [5, 5.41) is 9.28. The van der Waals surface area contributed by atoms with Gasteiger partial charge in [-0.2, -0.15) is 0 Å². The van der Waals surface area contributed by atoms with Gasteiger partial charge in [0.2, 0.25) is 0 Å². The van der Waals surface area contributed by atoms with Gasteiger partial charge in [0.05, 0.1) is 16.8 Å². The molecule has 0 aromatic carbocycles. The summed E-state index contributed by atoms with van der Waals surface area (Å²) in [6.07, 6.45) is 7.06. The SMILES string of the molecule is O=C(O)c1cc(-c2ccccn2)c(=O)n(C2CCCC2)c1. The van der Waals surface area contributed by atoms with Crippen LogP contribution in [0, 0.1) is 0 Å². The van der Waals surface area contributed by atoms with Crippen LogP contribution < -0.4 is 5.56 Å². The zero-order chi connectivity index (χ0) is 14.8. The molecular formula is C16H16N2O3. The van der Waals surface area contributed by atoms with Crippen molar-refractivity contribution >= 4 is 5.97 Å². The number of carboxylic acids is 1. The van der Waals surface area contributed by atoms with Crippen molar-refractivity contribution in [3.63, 3.8) is 0 Å². The smallest absolute Gasteiger partial charge is 0.337 e. The van der Waals surface area contributed by atoms with E-state index in [0.717, 1.165) is 25.7 Å². The Morgan fingerprint density at radius 2 is 2.05 bits per heavy atom. The van der Waals surface area contributed by atoms with E-state index in [4.69, 9.17) is 0 Å². The second-order valence-electron chi connectivity index (χ2n) is 5.31. The van der Waals surface area contributed by atoms with Gasteiger partial charge in [-0.15, -0.1) is 0 Å². The van der Waals surface area contributed by atoms with Crippen LogP contribution in [-0.4, -0.2) is 20.6 Å². The first-order chi connectivity index (χ1) is 10.2. The lowest BCUT2D eigenvalue weighted by Crippen LogP contribution is -2.26. The van der Waals surface area contributed by atoms with Crippen molar-refractivity contribution in [1.82, 2.24) is 9.55 Å². The fourth-order valence-electron chi connectivity index (χ4n) is 2.88. The van der Waals surface area contributed by atoms with Crippen LogP contribution in [0.2, 0.25) is 0 Å². The number of carboxylic acid groups (broad SMARTS) is 1. The van der Waals surface area contributed by atoms with E-state index in [1.54, 1.807) is 29.0 Å². The summed E-state index contributed by atoms with van der Waals surface area (Å²) >= 11 is 0. The number of hydrogen-bond acceptors (Lipinski definition) is 3. The summed E-state index contributed by atoms with van der Waals surface area (Å²) < 4.78 is 1.58. The van der Waals surface area contributed by atoms with Crippen molar-refractivity contribution in [1.29, 1.82) is 0 Å². The van der Waals surface area contributed by atoms with Crippen LogP contribution in [0.4, 0.5) is 0 Å². The van der Waals surface area contributed by atoms with Gasteiger partial charge in [0, 0.05) is 18.4 Å². The molecule has 2 aromatic heterocycles. The minimum Gasteiger partial charge on any atom is -0.478 e. The number of hydrogen-bond donors (Lipinski definition) is 1. The molecule has 0 saturated heterocycles. The van der Waals surface area contributed by atoms with Gasteiger partial charge < -0.3 is 9.67 Å². The summed E-state index contributed by atoms with van der Waals surface area (Å²) in [5.41, 5.74) is 0.826. The summed E-state index contributed by atoms with van der Waals surface area (Å²) in [5.74, 6) is -1.03. The van der Waals surface area contributed by atoms with Gasteiger partial charge in [0.15, 0.2) is 0 Å². The number of aromatic carboxylic acids is 1. The van der Waals surface area contributed by atoms with Gasteiger partial charge in [0.1, 0.15) is 0 Å². The summed E-state index contributed by atoms with van der Waals surface area (Å²) in [6, 6.07) is 6.79. The van der Waals surface area contributed by atoms with E-state index in [-0.39, 0.29) is 17.2 Å². The van der Waals surface area contributed by atoms with Crippen LogP contribution in [0.3, 0.4) is 0 Å². The van der Waals surface area contributed by atoms with Crippen LogP contribution in [0.25, 0.3) is 11.3 Å². The molecule has 0 radical (unpaired) electrons. The number of rotatable bonds is 3. The lowest BCUT2D eigenvalue weighted by Gasteiger charge is -2.15. The Balaban J connectivity index is 2.19. The van der Waals surface area contributed by atoms with Crippen molar-refractivity contribution < 1.29 is 9.90 Å². The molecular weight excluding hydrogens is 268 g/mol. The van der Waals surface area contributed by atoms with Gasteiger partial charge in [-0.1, -0.05) is 18.9 Å². The lowest BCUT2D eigenvalue weighted by molar-refractivity contribution is 0.0695. The molecule has 1 aliphatic rings. The Kier molecular flexibility index (Phi) is 3.56. The number of carbonyl (C=O) groups is 1. The average Bonchev–Trinajstić information content (AvgIpc) is 3.02. The molecule has 0 unspecified atom stereocenters. The molecule has 3 rings (SSSR count). The van der Waals surface area contributed by atoms with Gasteiger partial charge in [-0.3, -0.25) is 9.78 Å². The topological polar surface area (TPSA) is 72.2 Å². The van der Waals surface area contributed by atoms with E-state index in [1.165, 1.54) is 12.3 Å². The zero-order valence-electron chi connectivity index (χ0n) is 11.5. The molecule has 0 aliphatic heterocycles. The highest BCUT2D eigenvalue weighted by molar-refractivity contribution is 5.88. The van der Waals surface area contributed by atoms with Crippen LogP contribution in [0.15, 0.2) is 41.5 Å². The second-order valence-corrected chi connectivity index (χ2v) is 5.31. The minimum atomic E-state index is -1.03. The molecule has 108 valence electrons. The van der Waals surface area contributed by atoms with Crippen LogP contribution >= 0.6 is 0 Å². The Morgan fingerprint density at radius 1 is 1.29 bits per heavy atom. The van der Waals surface area contributed by atoms with E-state index in [9.17, 15) is 14.7 Å². The van der Waals surface area contributed by atoms with Crippen molar-refractivity contribution in [2.24, 2.45) is 0 Å². The molecule has 2 heterocycles. The average molecular weight is 284 g/mol. The van der Waals surface area contributed by atoms with Gasteiger partial charge in [0.25, 0.3) is 5.56 Å². The van der Waals surface area contributed by atoms with Crippen molar-refractivity contribution in [3.05, 3.63) is 52.6 Å². The van der Waals surface area contributed by atoms with E-state index in [1.807, 2.05) is 0 Å². The monoisotopic (exact) mass is 284 g/mol. The van der Waals surface area contributed by atoms with Crippen LogP contribution in [0.5, 0.6) is 0 Å². The molecule has 5 heteroatoms. The predicted molar refractivity (Wildman–Crippen MR) is 78.4 cm³/mol. The first-order valence-corrected chi connectivity index (χ1v) is 7.07. The normalized spacial score (nSPS) is 15.2. The third kappa shape index (κ3) is 2.59.